The Morgan fingerprint density at radius 3 is 3.00 bits per heavy atom. The second-order valence-corrected chi connectivity index (χ2v) is 2.35. The summed E-state index contributed by atoms with van der Waals surface area (Å²) in [6, 6.07) is 1.87. The molecule has 0 aliphatic rings. The molecule has 1 radical (unpaired) electrons. The Kier molecular flexibility index (Phi) is 2.74. The summed E-state index contributed by atoms with van der Waals surface area (Å²) in [5.41, 5.74) is 1.85. The van der Waals surface area contributed by atoms with Crippen LogP contribution in [0.2, 0.25) is 6.82 Å². The van der Waals surface area contributed by atoms with E-state index in [1.807, 2.05) is 26.4 Å². The smallest absolute Gasteiger partial charge is 0.328 e. The predicted octanol–water partition coefficient (Wildman–Crippen LogP) is 0.490. The number of H-pyrrole nitrogens is 1. The molecule has 0 fully saturated rings. The quantitative estimate of drug-likeness (QED) is 0.501. The van der Waals surface area contributed by atoms with Gasteiger partial charge in [-0.2, -0.15) is 0 Å². The van der Waals surface area contributed by atoms with E-state index in [0.717, 1.165) is 17.2 Å². The maximum absolute atomic E-state index is 10.1. The topological polar surface area (TPSA) is 53.1 Å². The van der Waals surface area contributed by atoms with Gasteiger partial charge in [0.25, 0.3) is 0 Å². The molecule has 4 heteroatoms. The molecule has 1 heterocycles. The molecule has 1 rings (SSSR count). The molecule has 0 aliphatic carbocycles. The van der Waals surface area contributed by atoms with Crippen LogP contribution in [-0.2, 0) is 4.79 Å². The van der Waals surface area contributed by atoms with Crippen molar-refractivity contribution in [3.05, 3.63) is 24.0 Å². The van der Waals surface area contributed by atoms with Crippen LogP contribution in [0.3, 0.4) is 0 Å². The van der Waals surface area contributed by atoms with Gasteiger partial charge in [0.2, 0.25) is 0 Å². The second kappa shape index (κ2) is 3.81. The van der Waals surface area contributed by atoms with E-state index in [2.05, 4.69) is 4.98 Å². The summed E-state index contributed by atoms with van der Waals surface area (Å²) in [6.45, 7) is 1.92. The highest BCUT2D eigenvalue weighted by atomic mass is 16.4. The van der Waals surface area contributed by atoms with E-state index in [4.69, 9.17) is 5.11 Å². The standard InChI is InChI=1S/C8H9BNO2/c1-9-6-4-7(10-5-6)2-3-8(11)12/h2-5,10H,1H3,(H,11,12)/b3-2+. The van der Waals surface area contributed by atoms with Crippen LogP contribution in [0.5, 0.6) is 0 Å². The molecule has 12 heavy (non-hydrogen) atoms. The molecule has 0 saturated carbocycles. The summed E-state index contributed by atoms with van der Waals surface area (Å²) in [5.74, 6) is -0.938. The largest absolute Gasteiger partial charge is 0.478 e. The van der Waals surface area contributed by atoms with Crippen molar-refractivity contribution in [1.82, 2.24) is 4.98 Å². The second-order valence-electron chi connectivity index (χ2n) is 2.35. The summed E-state index contributed by atoms with van der Waals surface area (Å²) in [6.07, 6.45) is 4.45. The lowest BCUT2D eigenvalue weighted by Crippen LogP contribution is -2.05. The number of aromatic nitrogens is 1. The number of carboxylic acid groups (broad SMARTS) is 1. The summed E-state index contributed by atoms with van der Waals surface area (Å²) in [7, 11) is 1.94. The molecule has 0 bridgehead atoms. The molecule has 0 atom stereocenters. The number of hydrogen-bond acceptors (Lipinski definition) is 1. The van der Waals surface area contributed by atoms with Crippen molar-refractivity contribution >= 4 is 24.8 Å². The Balaban J connectivity index is 2.70. The van der Waals surface area contributed by atoms with E-state index >= 15 is 0 Å². The fourth-order valence-corrected chi connectivity index (χ4v) is 0.854. The van der Waals surface area contributed by atoms with E-state index in [1.54, 1.807) is 0 Å². The third kappa shape index (κ3) is 2.30. The zero-order chi connectivity index (χ0) is 8.97. The van der Waals surface area contributed by atoms with Crippen molar-refractivity contribution in [3.8, 4) is 0 Å². The third-order valence-corrected chi connectivity index (χ3v) is 1.47. The van der Waals surface area contributed by atoms with E-state index in [0.29, 0.717) is 0 Å². The number of aliphatic carboxylic acids is 1. The van der Waals surface area contributed by atoms with Gasteiger partial charge in [-0.25, -0.2) is 4.79 Å². The monoisotopic (exact) mass is 162 g/mol. The highest BCUT2D eigenvalue weighted by Crippen LogP contribution is 1.95. The first-order valence-corrected chi connectivity index (χ1v) is 3.61. The van der Waals surface area contributed by atoms with E-state index in [1.165, 1.54) is 6.08 Å². The van der Waals surface area contributed by atoms with Crippen molar-refractivity contribution < 1.29 is 9.90 Å². The van der Waals surface area contributed by atoms with Gasteiger partial charge in [-0.3, -0.25) is 0 Å². The lowest BCUT2D eigenvalue weighted by Gasteiger charge is -1.82. The van der Waals surface area contributed by atoms with Crippen LogP contribution in [0.15, 0.2) is 18.3 Å². The molecule has 1 aromatic rings. The Morgan fingerprint density at radius 1 is 1.75 bits per heavy atom. The maximum atomic E-state index is 10.1. The Morgan fingerprint density at radius 2 is 2.50 bits per heavy atom. The van der Waals surface area contributed by atoms with Crippen LogP contribution in [0.4, 0.5) is 0 Å². The summed E-state index contributed by atoms with van der Waals surface area (Å²) in [4.78, 5) is 13.1. The molecule has 0 amide bonds. The number of aromatic amines is 1. The number of carboxylic acids is 1. The minimum absolute atomic E-state index is 0.797. The first-order chi connectivity index (χ1) is 5.72. The molecule has 0 unspecified atom stereocenters. The van der Waals surface area contributed by atoms with Gasteiger partial charge in [-0.15, -0.1) is 0 Å². The van der Waals surface area contributed by atoms with Gasteiger partial charge in [0.15, 0.2) is 0 Å². The average molecular weight is 162 g/mol. The average Bonchev–Trinajstić information content (AvgIpc) is 2.48. The molecule has 1 aromatic heterocycles. The van der Waals surface area contributed by atoms with Crippen molar-refractivity contribution in [2.24, 2.45) is 0 Å². The van der Waals surface area contributed by atoms with E-state index in [-0.39, 0.29) is 0 Å². The van der Waals surface area contributed by atoms with Crippen LogP contribution in [0.25, 0.3) is 6.08 Å². The molecule has 0 aromatic carbocycles. The van der Waals surface area contributed by atoms with Crippen molar-refractivity contribution in [1.29, 1.82) is 0 Å². The molecule has 0 saturated heterocycles. The zero-order valence-electron chi connectivity index (χ0n) is 6.74. The highest BCUT2D eigenvalue weighted by molar-refractivity contribution is 6.51. The van der Waals surface area contributed by atoms with Gasteiger partial charge in [0, 0.05) is 11.8 Å². The summed E-state index contributed by atoms with van der Waals surface area (Å²) >= 11 is 0. The van der Waals surface area contributed by atoms with Crippen molar-refractivity contribution in [2.45, 2.75) is 6.82 Å². The first-order valence-electron chi connectivity index (χ1n) is 3.61. The van der Waals surface area contributed by atoms with Gasteiger partial charge in [0.1, 0.15) is 7.28 Å². The van der Waals surface area contributed by atoms with Crippen LogP contribution < -0.4 is 5.46 Å². The normalized spacial score (nSPS) is 10.4. The van der Waals surface area contributed by atoms with Gasteiger partial charge < -0.3 is 10.1 Å². The number of nitrogens with one attached hydrogen (secondary N) is 1. The molecular weight excluding hydrogens is 153 g/mol. The number of hydrogen-bond donors (Lipinski definition) is 2. The zero-order valence-corrected chi connectivity index (χ0v) is 6.74. The van der Waals surface area contributed by atoms with Gasteiger partial charge in [0.05, 0.1) is 0 Å². The summed E-state index contributed by atoms with van der Waals surface area (Å²) < 4.78 is 0. The van der Waals surface area contributed by atoms with Crippen LogP contribution in [-0.4, -0.2) is 23.3 Å². The SMILES string of the molecule is C[B]c1c[nH]c(/C=C/C(=O)O)c1. The van der Waals surface area contributed by atoms with Crippen LogP contribution in [0.1, 0.15) is 5.69 Å². The highest BCUT2D eigenvalue weighted by Gasteiger charge is 1.94. The number of rotatable bonds is 3. The van der Waals surface area contributed by atoms with Crippen LogP contribution in [0, 0.1) is 0 Å². The molecule has 0 spiro atoms. The van der Waals surface area contributed by atoms with Gasteiger partial charge >= 0.3 is 5.97 Å². The van der Waals surface area contributed by atoms with Crippen LogP contribution >= 0.6 is 0 Å². The minimum Gasteiger partial charge on any atom is -0.478 e. The Hall–Kier alpha value is -1.45. The van der Waals surface area contributed by atoms with Gasteiger partial charge in [-0.1, -0.05) is 12.3 Å². The van der Waals surface area contributed by atoms with Gasteiger partial charge in [-0.05, 0) is 18.3 Å². The minimum atomic E-state index is -0.938. The Bertz CT molecular complexity index is 304. The lowest BCUT2D eigenvalue weighted by atomic mass is 9.75. The molecule has 2 N–H and O–H groups in total. The fourth-order valence-electron chi connectivity index (χ4n) is 0.854. The maximum Gasteiger partial charge on any atom is 0.328 e. The lowest BCUT2D eigenvalue weighted by molar-refractivity contribution is -0.131. The number of carbonyl (C=O) groups is 1. The van der Waals surface area contributed by atoms with Crippen molar-refractivity contribution in [3.63, 3.8) is 0 Å². The Labute approximate surface area is 71.4 Å². The third-order valence-electron chi connectivity index (χ3n) is 1.47. The molecule has 0 aliphatic heterocycles. The van der Waals surface area contributed by atoms with Crippen molar-refractivity contribution in [2.75, 3.05) is 0 Å². The summed E-state index contributed by atoms with van der Waals surface area (Å²) in [5, 5.41) is 8.33. The predicted molar refractivity (Wildman–Crippen MR) is 48.7 cm³/mol. The molecule has 3 nitrogen and oxygen atoms in total. The molecule has 61 valence electrons. The fraction of sp³-hybridized carbons (Fsp3) is 0.125. The van der Waals surface area contributed by atoms with E-state index in [9.17, 15) is 4.79 Å². The van der Waals surface area contributed by atoms with E-state index < -0.39 is 5.97 Å². The molecular formula is C8H9BNO2. The first kappa shape index (κ1) is 8.65.